The van der Waals surface area contributed by atoms with E-state index in [1.54, 1.807) is 0 Å². The van der Waals surface area contributed by atoms with Crippen molar-refractivity contribution >= 4 is 16.9 Å². The van der Waals surface area contributed by atoms with Crippen molar-refractivity contribution in [3.05, 3.63) is 65.7 Å². The first-order valence-electron chi connectivity index (χ1n) is 6.99. The molecular formula is C17H16FN3O. The number of fused-ring (bicyclic) bond motifs is 1. The molecule has 0 unspecified atom stereocenters. The van der Waals surface area contributed by atoms with Crippen LogP contribution in [0.4, 0.5) is 4.39 Å². The van der Waals surface area contributed by atoms with E-state index in [9.17, 15) is 9.18 Å². The Kier molecular flexibility index (Phi) is 3.41. The second-order valence-electron chi connectivity index (χ2n) is 5.69. The molecule has 0 aliphatic rings. The van der Waals surface area contributed by atoms with Crippen LogP contribution in [0.15, 0.2) is 48.5 Å². The number of amides is 1. The zero-order valence-corrected chi connectivity index (χ0v) is 12.4. The van der Waals surface area contributed by atoms with Crippen molar-refractivity contribution in [2.45, 2.75) is 19.4 Å². The number of carbonyl (C=O) groups excluding carboxylic acids is 1. The molecule has 0 aliphatic heterocycles. The van der Waals surface area contributed by atoms with Crippen molar-refractivity contribution < 1.29 is 9.18 Å². The highest BCUT2D eigenvalue weighted by molar-refractivity contribution is 5.94. The third-order valence-electron chi connectivity index (χ3n) is 3.51. The molecule has 2 aromatic carbocycles. The van der Waals surface area contributed by atoms with E-state index < -0.39 is 5.54 Å². The highest BCUT2D eigenvalue weighted by atomic mass is 19.1. The number of H-pyrrole nitrogens is 1. The number of halogens is 1. The maximum Gasteiger partial charge on any atom is 0.252 e. The second kappa shape index (κ2) is 5.26. The van der Waals surface area contributed by atoms with Crippen LogP contribution >= 0.6 is 0 Å². The summed E-state index contributed by atoms with van der Waals surface area (Å²) in [5.74, 6) is 0.0303. The number of aromatic nitrogens is 2. The summed E-state index contributed by atoms with van der Waals surface area (Å²) in [6.45, 7) is 3.73. The van der Waals surface area contributed by atoms with Gasteiger partial charge in [-0.1, -0.05) is 12.1 Å². The van der Waals surface area contributed by atoms with Crippen molar-refractivity contribution in [1.29, 1.82) is 0 Å². The molecule has 5 heteroatoms. The van der Waals surface area contributed by atoms with E-state index in [1.165, 1.54) is 24.3 Å². The number of imidazole rings is 1. The van der Waals surface area contributed by atoms with Crippen LogP contribution in [0, 0.1) is 5.82 Å². The minimum atomic E-state index is -0.676. The molecular weight excluding hydrogens is 281 g/mol. The predicted molar refractivity (Wildman–Crippen MR) is 83.0 cm³/mol. The van der Waals surface area contributed by atoms with Gasteiger partial charge in [-0.3, -0.25) is 4.79 Å². The van der Waals surface area contributed by atoms with Crippen molar-refractivity contribution in [2.75, 3.05) is 0 Å². The SMILES string of the molecule is CC(C)(NC(=O)c1ccc(F)cc1)c1nc2ccccc2[nH]1. The largest absolute Gasteiger partial charge is 0.340 e. The fourth-order valence-electron chi connectivity index (χ4n) is 2.27. The summed E-state index contributed by atoms with van der Waals surface area (Å²) < 4.78 is 12.9. The van der Waals surface area contributed by atoms with E-state index >= 15 is 0 Å². The van der Waals surface area contributed by atoms with Crippen LogP contribution < -0.4 is 5.32 Å². The Morgan fingerprint density at radius 3 is 2.50 bits per heavy atom. The highest BCUT2D eigenvalue weighted by Gasteiger charge is 2.27. The molecule has 0 saturated carbocycles. The van der Waals surface area contributed by atoms with Crippen LogP contribution in [0.1, 0.15) is 30.0 Å². The molecule has 0 bridgehead atoms. The van der Waals surface area contributed by atoms with Crippen molar-refractivity contribution in [2.24, 2.45) is 0 Å². The molecule has 0 fully saturated rings. The molecule has 3 aromatic rings. The van der Waals surface area contributed by atoms with Crippen LogP contribution in [0.25, 0.3) is 11.0 Å². The molecule has 1 aromatic heterocycles. The zero-order chi connectivity index (χ0) is 15.7. The minimum absolute atomic E-state index is 0.273. The van der Waals surface area contributed by atoms with Gasteiger partial charge in [-0.25, -0.2) is 9.37 Å². The number of hydrogen-bond acceptors (Lipinski definition) is 2. The first-order chi connectivity index (χ1) is 10.5. The van der Waals surface area contributed by atoms with Gasteiger partial charge in [0.05, 0.1) is 16.6 Å². The topological polar surface area (TPSA) is 57.8 Å². The fourth-order valence-corrected chi connectivity index (χ4v) is 2.27. The summed E-state index contributed by atoms with van der Waals surface area (Å²) in [6, 6.07) is 13.1. The Balaban J connectivity index is 1.86. The van der Waals surface area contributed by atoms with Crippen LogP contribution in [0.5, 0.6) is 0 Å². The van der Waals surface area contributed by atoms with Gasteiger partial charge in [0.15, 0.2) is 0 Å². The smallest absolute Gasteiger partial charge is 0.252 e. The molecule has 0 radical (unpaired) electrons. The quantitative estimate of drug-likeness (QED) is 0.778. The average molecular weight is 297 g/mol. The van der Waals surface area contributed by atoms with Gasteiger partial charge in [-0.05, 0) is 50.2 Å². The monoisotopic (exact) mass is 297 g/mol. The Morgan fingerprint density at radius 2 is 1.82 bits per heavy atom. The summed E-state index contributed by atoms with van der Waals surface area (Å²) in [7, 11) is 0. The maximum atomic E-state index is 12.9. The Bertz CT molecular complexity index is 788. The molecule has 0 atom stereocenters. The number of nitrogens with one attached hydrogen (secondary N) is 2. The Hall–Kier alpha value is -2.69. The van der Waals surface area contributed by atoms with Gasteiger partial charge in [0, 0.05) is 5.56 Å². The fraction of sp³-hybridized carbons (Fsp3) is 0.176. The van der Waals surface area contributed by atoms with Gasteiger partial charge in [0.25, 0.3) is 5.91 Å². The summed E-state index contributed by atoms with van der Waals surface area (Å²) in [5, 5.41) is 2.91. The number of aromatic amines is 1. The average Bonchev–Trinajstić information content (AvgIpc) is 2.92. The van der Waals surface area contributed by atoms with Crippen LogP contribution in [-0.2, 0) is 5.54 Å². The maximum absolute atomic E-state index is 12.9. The lowest BCUT2D eigenvalue weighted by Crippen LogP contribution is -2.41. The summed E-state index contributed by atoms with van der Waals surface area (Å²) >= 11 is 0. The standard InChI is InChI=1S/C17H16FN3O/c1-17(2,16-19-13-5-3-4-6-14(13)20-16)21-15(22)11-7-9-12(18)10-8-11/h3-10H,1-2H3,(H,19,20)(H,21,22). The number of rotatable bonds is 3. The molecule has 1 amide bonds. The Morgan fingerprint density at radius 1 is 1.14 bits per heavy atom. The first kappa shape index (κ1) is 14.3. The molecule has 0 saturated heterocycles. The molecule has 0 aliphatic carbocycles. The number of nitrogens with zero attached hydrogens (tertiary/aromatic N) is 1. The van der Waals surface area contributed by atoms with Crippen molar-refractivity contribution in [3.63, 3.8) is 0 Å². The predicted octanol–water partition coefficient (Wildman–Crippen LogP) is 3.37. The van der Waals surface area contributed by atoms with Gasteiger partial charge in [-0.2, -0.15) is 0 Å². The number of para-hydroxylation sites is 2. The lowest BCUT2D eigenvalue weighted by Gasteiger charge is -2.24. The van der Waals surface area contributed by atoms with Gasteiger partial charge < -0.3 is 10.3 Å². The lowest BCUT2D eigenvalue weighted by atomic mass is 10.0. The molecule has 22 heavy (non-hydrogen) atoms. The number of benzene rings is 2. The van der Waals surface area contributed by atoms with Crippen molar-refractivity contribution in [3.8, 4) is 0 Å². The van der Waals surface area contributed by atoms with Crippen LogP contribution in [-0.4, -0.2) is 15.9 Å². The normalized spacial score (nSPS) is 11.6. The first-order valence-corrected chi connectivity index (χ1v) is 6.99. The summed E-state index contributed by atoms with van der Waals surface area (Å²) in [6.07, 6.45) is 0. The number of carbonyl (C=O) groups is 1. The molecule has 112 valence electrons. The number of hydrogen-bond donors (Lipinski definition) is 2. The molecule has 3 rings (SSSR count). The van der Waals surface area contributed by atoms with Crippen LogP contribution in [0.3, 0.4) is 0 Å². The third kappa shape index (κ3) is 2.70. The van der Waals surface area contributed by atoms with Crippen molar-refractivity contribution in [1.82, 2.24) is 15.3 Å². The van der Waals surface area contributed by atoms with E-state index in [0.29, 0.717) is 11.4 Å². The van der Waals surface area contributed by atoms with Crippen LogP contribution in [0.2, 0.25) is 0 Å². The highest BCUT2D eigenvalue weighted by Crippen LogP contribution is 2.21. The summed E-state index contributed by atoms with van der Waals surface area (Å²) in [5.41, 5.74) is 1.50. The zero-order valence-electron chi connectivity index (χ0n) is 12.4. The summed E-state index contributed by atoms with van der Waals surface area (Å²) in [4.78, 5) is 20.0. The minimum Gasteiger partial charge on any atom is -0.340 e. The van der Waals surface area contributed by atoms with E-state index in [2.05, 4.69) is 15.3 Å². The molecule has 1 heterocycles. The molecule has 0 spiro atoms. The van der Waals surface area contributed by atoms with E-state index in [1.807, 2.05) is 38.1 Å². The van der Waals surface area contributed by atoms with E-state index in [0.717, 1.165) is 11.0 Å². The van der Waals surface area contributed by atoms with Gasteiger partial charge in [-0.15, -0.1) is 0 Å². The van der Waals surface area contributed by atoms with E-state index in [-0.39, 0.29) is 11.7 Å². The second-order valence-corrected chi connectivity index (χ2v) is 5.69. The molecule has 2 N–H and O–H groups in total. The van der Waals surface area contributed by atoms with Gasteiger partial charge >= 0.3 is 0 Å². The van der Waals surface area contributed by atoms with E-state index in [4.69, 9.17) is 0 Å². The van der Waals surface area contributed by atoms with Gasteiger partial charge in [0.2, 0.25) is 0 Å². The van der Waals surface area contributed by atoms with Gasteiger partial charge in [0.1, 0.15) is 11.6 Å². The lowest BCUT2D eigenvalue weighted by molar-refractivity contribution is 0.0909. The molecule has 4 nitrogen and oxygen atoms in total. The Labute approximate surface area is 127 Å². The third-order valence-corrected chi connectivity index (χ3v) is 3.51.